The summed E-state index contributed by atoms with van der Waals surface area (Å²) in [5.74, 6) is -0.318. The van der Waals surface area contributed by atoms with Crippen LogP contribution in [0.3, 0.4) is 0 Å². The van der Waals surface area contributed by atoms with E-state index in [1.54, 1.807) is 77.8 Å². The summed E-state index contributed by atoms with van der Waals surface area (Å²) in [6.45, 7) is 0.192. The minimum absolute atomic E-state index is 0.192. The molecule has 9 heteroatoms. The topological polar surface area (TPSA) is 79.4 Å². The van der Waals surface area contributed by atoms with Crippen LogP contribution in [0.2, 0.25) is 5.02 Å². The standard InChI is InChI=1S/C26H17BrClN3O3S/c27-18-9-11-24(29-14-18)30-25(32)17-8-10-23-21(13-17)31(15-16-4-3-5-19(28)12-16)26(33)20-6-1-2-7-22(20)35(23)34/h1-14H,15H2,(H,29,30,32)/t35-/m1/s1. The molecule has 0 unspecified atom stereocenters. The van der Waals surface area contributed by atoms with Gasteiger partial charge in [-0.15, -0.1) is 0 Å². The molecule has 0 aliphatic carbocycles. The third kappa shape index (κ3) is 4.77. The summed E-state index contributed by atoms with van der Waals surface area (Å²) in [6.07, 6.45) is 1.58. The average Bonchev–Trinajstić information content (AvgIpc) is 2.95. The summed E-state index contributed by atoms with van der Waals surface area (Å²) in [6, 6.07) is 22.3. The third-order valence-electron chi connectivity index (χ3n) is 5.47. The molecule has 0 spiro atoms. The molecular weight excluding hydrogens is 550 g/mol. The van der Waals surface area contributed by atoms with E-state index >= 15 is 0 Å². The second-order valence-corrected chi connectivity index (χ2v) is 10.6. The van der Waals surface area contributed by atoms with Crippen LogP contribution in [0.1, 0.15) is 26.3 Å². The number of carbonyl (C=O) groups excluding carboxylic acids is 2. The van der Waals surface area contributed by atoms with Crippen molar-refractivity contribution in [3.8, 4) is 0 Å². The van der Waals surface area contributed by atoms with Gasteiger partial charge in [-0.3, -0.25) is 9.59 Å². The lowest BCUT2D eigenvalue weighted by molar-refractivity contribution is 0.0979. The van der Waals surface area contributed by atoms with Gasteiger partial charge in [0.15, 0.2) is 0 Å². The van der Waals surface area contributed by atoms with Gasteiger partial charge in [0.1, 0.15) is 5.82 Å². The van der Waals surface area contributed by atoms with Gasteiger partial charge in [0.05, 0.1) is 38.4 Å². The van der Waals surface area contributed by atoms with Gasteiger partial charge < -0.3 is 10.2 Å². The van der Waals surface area contributed by atoms with Gasteiger partial charge in [-0.1, -0.05) is 35.9 Å². The van der Waals surface area contributed by atoms with Crippen LogP contribution in [0.25, 0.3) is 0 Å². The fourth-order valence-electron chi connectivity index (χ4n) is 3.82. The highest BCUT2D eigenvalue weighted by Crippen LogP contribution is 2.36. The van der Waals surface area contributed by atoms with Crippen molar-refractivity contribution in [1.29, 1.82) is 0 Å². The van der Waals surface area contributed by atoms with Gasteiger partial charge in [0, 0.05) is 21.3 Å². The number of benzene rings is 3. The first-order valence-corrected chi connectivity index (χ1v) is 12.9. The summed E-state index contributed by atoms with van der Waals surface area (Å²) < 4.78 is 14.3. The molecule has 0 saturated heterocycles. The molecular formula is C26H17BrClN3O3S. The second kappa shape index (κ2) is 9.73. The largest absolute Gasteiger partial charge is 0.307 e. The Balaban J connectivity index is 1.59. The molecule has 1 aromatic heterocycles. The highest BCUT2D eigenvalue weighted by Gasteiger charge is 2.31. The van der Waals surface area contributed by atoms with Crippen LogP contribution in [-0.2, 0) is 17.3 Å². The van der Waals surface area contributed by atoms with Crippen molar-refractivity contribution in [3.63, 3.8) is 0 Å². The molecule has 1 aliphatic rings. The van der Waals surface area contributed by atoms with Crippen LogP contribution < -0.4 is 10.2 Å². The summed E-state index contributed by atoms with van der Waals surface area (Å²) >= 11 is 9.49. The summed E-state index contributed by atoms with van der Waals surface area (Å²) in [7, 11) is -1.61. The molecule has 2 amide bonds. The molecule has 0 saturated carbocycles. The lowest BCUT2D eigenvalue weighted by Crippen LogP contribution is -2.30. The predicted molar refractivity (Wildman–Crippen MR) is 139 cm³/mol. The van der Waals surface area contributed by atoms with Crippen LogP contribution in [0.5, 0.6) is 0 Å². The van der Waals surface area contributed by atoms with Crippen LogP contribution in [0, 0.1) is 0 Å². The molecule has 35 heavy (non-hydrogen) atoms. The summed E-state index contributed by atoms with van der Waals surface area (Å²) in [5, 5.41) is 3.30. The Morgan fingerprint density at radius 1 is 1.00 bits per heavy atom. The molecule has 4 aromatic rings. The minimum Gasteiger partial charge on any atom is -0.307 e. The van der Waals surface area contributed by atoms with Crippen molar-refractivity contribution in [3.05, 3.63) is 111 Å². The number of anilines is 2. The zero-order valence-corrected chi connectivity index (χ0v) is 21.2. The van der Waals surface area contributed by atoms with Crippen LogP contribution in [0.4, 0.5) is 11.5 Å². The van der Waals surface area contributed by atoms with Gasteiger partial charge >= 0.3 is 0 Å². The van der Waals surface area contributed by atoms with E-state index in [9.17, 15) is 13.8 Å². The molecule has 1 atom stereocenters. The molecule has 2 heterocycles. The minimum atomic E-state index is -1.61. The van der Waals surface area contributed by atoms with Crippen molar-refractivity contribution < 1.29 is 13.8 Å². The fourth-order valence-corrected chi connectivity index (χ4v) is 5.61. The zero-order chi connectivity index (χ0) is 24.5. The molecule has 0 bridgehead atoms. The van der Waals surface area contributed by atoms with Gasteiger partial charge in [0.2, 0.25) is 0 Å². The molecule has 5 rings (SSSR count). The van der Waals surface area contributed by atoms with E-state index in [0.717, 1.165) is 10.0 Å². The summed E-state index contributed by atoms with van der Waals surface area (Å²) in [4.78, 5) is 33.3. The summed E-state index contributed by atoms with van der Waals surface area (Å²) in [5.41, 5.74) is 1.87. The van der Waals surface area contributed by atoms with E-state index in [4.69, 9.17) is 11.6 Å². The normalized spacial score (nSPS) is 14.6. The maximum atomic E-state index is 13.7. The van der Waals surface area contributed by atoms with Crippen LogP contribution in [-0.4, -0.2) is 21.0 Å². The predicted octanol–water partition coefficient (Wildman–Crippen LogP) is 6.08. The van der Waals surface area contributed by atoms with E-state index in [-0.39, 0.29) is 12.5 Å². The molecule has 0 radical (unpaired) electrons. The quantitative estimate of drug-likeness (QED) is 0.325. The molecule has 174 valence electrons. The van der Waals surface area contributed by atoms with E-state index in [2.05, 4.69) is 26.2 Å². The third-order valence-corrected chi connectivity index (χ3v) is 7.68. The number of halogens is 2. The number of carbonyl (C=O) groups is 2. The number of nitrogens with zero attached hydrogens (tertiary/aromatic N) is 2. The number of hydrogen-bond donors (Lipinski definition) is 1. The Labute approximate surface area is 217 Å². The smallest absolute Gasteiger partial charge is 0.259 e. The Morgan fingerprint density at radius 2 is 1.83 bits per heavy atom. The van der Waals surface area contributed by atoms with Crippen molar-refractivity contribution in [2.24, 2.45) is 0 Å². The Morgan fingerprint density at radius 3 is 2.60 bits per heavy atom. The molecule has 0 fully saturated rings. The molecule has 6 nitrogen and oxygen atoms in total. The number of hydrogen-bond acceptors (Lipinski definition) is 4. The zero-order valence-electron chi connectivity index (χ0n) is 18.1. The van der Waals surface area contributed by atoms with E-state index in [1.807, 2.05) is 12.1 Å². The highest BCUT2D eigenvalue weighted by molar-refractivity contribution is 9.10. The second-order valence-electron chi connectivity index (χ2n) is 7.78. The van der Waals surface area contributed by atoms with Crippen molar-refractivity contribution >= 4 is 61.7 Å². The Hall–Kier alpha value is -3.33. The van der Waals surface area contributed by atoms with E-state index in [1.165, 1.54) is 0 Å². The van der Waals surface area contributed by atoms with Crippen LogP contribution >= 0.6 is 27.5 Å². The average molecular weight is 567 g/mol. The Bertz CT molecular complexity index is 1490. The maximum Gasteiger partial charge on any atom is 0.259 e. The van der Waals surface area contributed by atoms with Crippen molar-refractivity contribution in [2.75, 3.05) is 10.2 Å². The fraction of sp³-hybridized carbons (Fsp3) is 0.0385. The number of aromatic nitrogens is 1. The lowest BCUT2D eigenvalue weighted by atomic mass is 10.1. The first kappa shape index (κ1) is 23.4. The number of fused-ring (bicyclic) bond motifs is 2. The van der Waals surface area contributed by atoms with Gasteiger partial charge in [-0.2, -0.15) is 0 Å². The highest BCUT2D eigenvalue weighted by atomic mass is 79.9. The lowest BCUT2D eigenvalue weighted by Gasteiger charge is -2.23. The molecule has 3 aromatic carbocycles. The number of amides is 2. The SMILES string of the molecule is O=C(Nc1ccc(Br)cn1)c1ccc2c(c1)N(Cc1cccc(Cl)c1)C(=O)c1ccccc1[S@]2=O. The first-order valence-electron chi connectivity index (χ1n) is 10.5. The van der Waals surface area contributed by atoms with Gasteiger partial charge in [-0.05, 0) is 76.1 Å². The van der Waals surface area contributed by atoms with E-state index < -0.39 is 16.7 Å². The van der Waals surface area contributed by atoms with Crippen LogP contribution in [0.15, 0.2) is 99.3 Å². The monoisotopic (exact) mass is 565 g/mol. The number of rotatable bonds is 4. The van der Waals surface area contributed by atoms with Crippen molar-refractivity contribution in [2.45, 2.75) is 16.3 Å². The van der Waals surface area contributed by atoms with Gasteiger partial charge in [0.25, 0.3) is 11.8 Å². The maximum absolute atomic E-state index is 13.7. The van der Waals surface area contributed by atoms with E-state index in [0.29, 0.717) is 37.4 Å². The number of nitrogens with one attached hydrogen (secondary N) is 1. The first-order chi connectivity index (χ1) is 16.9. The number of pyridine rings is 1. The molecule has 1 N–H and O–H groups in total. The van der Waals surface area contributed by atoms with Gasteiger partial charge in [-0.25, -0.2) is 9.19 Å². The molecule has 1 aliphatic heterocycles. The Kier molecular flexibility index (Phi) is 6.51. The van der Waals surface area contributed by atoms with Crippen molar-refractivity contribution in [1.82, 2.24) is 4.98 Å².